The molecule has 1 radical (unpaired) electrons. The molecule has 0 aromatic heterocycles. The third-order valence-corrected chi connectivity index (χ3v) is 10.8. The second-order valence-electron chi connectivity index (χ2n) is 8.03. The van der Waals surface area contributed by atoms with E-state index in [1.807, 2.05) is 6.07 Å². The number of hydrogen-bond donors (Lipinski definition) is 0. The monoisotopic (exact) mass is 519 g/mol. The van der Waals surface area contributed by atoms with Crippen LogP contribution in [0.1, 0.15) is 53.6 Å². The molecule has 2 aromatic carbocycles. The number of carbonyl (C=O) groups excluding carboxylic acids is 1. The molecule has 7 nitrogen and oxygen atoms in total. The minimum atomic E-state index is -3.33. The average molecular weight is 519 g/mol. The van der Waals surface area contributed by atoms with E-state index in [0.29, 0.717) is 27.1 Å². The van der Waals surface area contributed by atoms with Crippen molar-refractivity contribution in [3.05, 3.63) is 75.3 Å². The van der Waals surface area contributed by atoms with E-state index in [4.69, 9.17) is 0 Å². The number of carbonyl (C=O) groups is 1. The van der Waals surface area contributed by atoms with Gasteiger partial charge >= 0.3 is 196 Å². The normalized spacial score (nSPS) is 15.4. The van der Waals surface area contributed by atoms with Crippen molar-refractivity contribution in [2.75, 3.05) is 12.8 Å². The van der Waals surface area contributed by atoms with Gasteiger partial charge in [-0.25, -0.2) is 0 Å². The second-order valence-corrected chi connectivity index (χ2v) is 12.7. The average Bonchev–Trinajstić information content (AvgIpc) is 2.81. The zero-order valence-electron chi connectivity index (χ0n) is 18.1. The van der Waals surface area contributed by atoms with Gasteiger partial charge in [0.25, 0.3) is 0 Å². The fraction of sp³-hybridized carbons (Fsp3) is 0.435. The number of ketones is 1. The van der Waals surface area contributed by atoms with Crippen LogP contribution >= 0.6 is 0 Å². The van der Waals surface area contributed by atoms with Gasteiger partial charge in [0.1, 0.15) is 0 Å². The zero-order valence-corrected chi connectivity index (χ0v) is 20.8. The van der Waals surface area contributed by atoms with Crippen LogP contribution in [0.15, 0.2) is 48.5 Å². The fourth-order valence-electron chi connectivity index (χ4n) is 3.98. The summed E-state index contributed by atoms with van der Waals surface area (Å²) >= 11 is -0.453. The van der Waals surface area contributed by atoms with Crippen LogP contribution < -0.4 is 0 Å². The molecule has 3 rings (SSSR count). The Labute approximate surface area is 196 Å². The number of nitro groups is 1. The molecule has 1 aliphatic rings. The van der Waals surface area contributed by atoms with Gasteiger partial charge in [-0.1, -0.05) is 0 Å². The third kappa shape index (κ3) is 6.27. The van der Waals surface area contributed by atoms with Crippen molar-refractivity contribution in [3.8, 4) is 0 Å². The molecule has 32 heavy (non-hydrogen) atoms. The minimum absolute atomic E-state index is 0.0212. The van der Waals surface area contributed by atoms with E-state index in [1.165, 1.54) is 22.9 Å². The summed E-state index contributed by atoms with van der Waals surface area (Å²) in [5.41, 5.74) is 1.40. The Bertz CT molecular complexity index is 1050. The summed E-state index contributed by atoms with van der Waals surface area (Å²) in [5.74, 6) is -0.120. The molecule has 0 unspecified atom stereocenters. The number of hydrogen-bond acceptors (Lipinski definition) is 5. The molecule has 171 valence electrons. The molecular formula is C23H28AsN2O5S. The van der Waals surface area contributed by atoms with Crippen LogP contribution in [0, 0.1) is 10.1 Å². The molecule has 1 fully saturated rings. The Balaban J connectivity index is 1.64. The first-order valence-corrected chi connectivity index (χ1v) is 15.0. The summed E-state index contributed by atoms with van der Waals surface area (Å²) < 4.78 is 26.9. The van der Waals surface area contributed by atoms with Gasteiger partial charge in [-0.2, -0.15) is 0 Å². The molecule has 1 saturated carbocycles. The summed E-state index contributed by atoms with van der Waals surface area (Å²) in [6.07, 6.45) is 5.13. The number of nitro benzene ring substituents is 1. The Morgan fingerprint density at radius 1 is 1.09 bits per heavy atom. The summed E-state index contributed by atoms with van der Waals surface area (Å²) in [6, 6.07) is 13.3. The van der Waals surface area contributed by atoms with E-state index in [1.54, 1.807) is 37.4 Å². The Hall–Kier alpha value is -2.02. The number of rotatable bonds is 10. The first kappa shape index (κ1) is 24.6. The summed E-state index contributed by atoms with van der Waals surface area (Å²) in [5, 5.41) is 12.4. The topological polar surface area (TPSA) is 97.6 Å². The molecule has 1 aliphatic carbocycles. The Morgan fingerprint density at radius 3 is 2.44 bits per heavy atom. The van der Waals surface area contributed by atoms with Gasteiger partial charge in [-0.05, 0) is 0 Å². The molecule has 0 heterocycles. The first-order chi connectivity index (χ1) is 15.3. The van der Waals surface area contributed by atoms with E-state index in [0.717, 1.165) is 25.7 Å². The van der Waals surface area contributed by atoms with Crippen molar-refractivity contribution in [2.24, 2.45) is 0 Å². The van der Waals surface area contributed by atoms with Gasteiger partial charge in [-0.3, -0.25) is 0 Å². The Morgan fingerprint density at radius 2 is 1.78 bits per heavy atom. The molecule has 0 atom stereocenters. The predicted octanol–water partition coefficient (Wildman–Crippen LogP) is 4.04. The van der Waals surface area contributed by atoms with Gasteiger partial charge in [0.05, 0.1) is 0 Å². The van der Waals surface area contributed by atoms with Crippen LogP contribution in [0.2, 0.25) is 5.21 Å². The van der Waals surface area contributed by atoms with Crippen LogP contribution in [-0.4, -0.2) is 58.0 Å². The van der Waals surface area contributed by atoms with Crippen molar-refractivity contribution in [2.45, 2.75) is 48.6 Å². The standard InChI is InChI=1S/C23H28AsN2O5S/c1-25(21-10-6-3-7-11-21)32(30,31)15-14-24-17-20-16-19(12-13-22(20)26(28)29)23(27)18-8-4-2-5-9-18/h2,4-5,8-9,12-13,16,21H,3,6-7,10-11,14-15,17H2,1H3. The van der Waals surface area contributed by atoms with E-state index >= 15 is 0 Å². The van der Waals surface area contributed by atoms with Gasteiger partial charge in [-0.15, -0.1) is 0 Å². The van der Waals surface area contributed by atoms with Crippen LogP contribution in [0.5, 0.6) is 0 Å². The fourth-order valence-corrected chi connectivity index (χ4v) is 8.93. The summed E-state index contributed by atoms with van der Waals surface area (Å²) in [6.45, 7) is 0. The molecule has 2 aromatic rings. The Kier molecular flexibility index (Phi) is 8.63. The quantitative estimate of drug-likeness (QED) is 0.155. The summed E-state index contributed by atoms with van der Waals surface area (Å²) in [7, 11) is -1.66. The molecule has 0 bridgehead atoms. The van der Waals surface area contributed by atoms with E-state index < -0.39 is 30.7 Å². The van der Waals surface area contributed by atoms with Crippen LogP contribution in [0.3, 0.4) is 0 Å². The van der Waals surface area contributed by atoms with Gasteiger partial charge in [0.2, 0.25) is 0 Å². The molecule has 9 heteroatoms. The number of nitrogens with zero attached hydrogens (tertiary/aromatic N) is 2. The second kappa shape index (κ2) is 11.2. The van der Waals surface area contributed by atoms with Gasteiger partial charge in [0, 0.05) is 0 Å². The van der Waals surface area contributed by atoms with Crippen molar-refractivity contribution < 1.29 is 18.1 Å². The van der Waals surface area contributed by atoms with E-state index in [9.17, 15) is 23.3 Å². The van der Waals surface area contributed by atoms with Crippen molar-refractivity contribution in [3.63, 3.8) is 0 Å². The zero-order chi connectivity index (χ0) is 23.1. The number of sulfonamides is 1. The van der Waals surface area contributed by atoms with Gasteiger partial charge < -0.3 is 0 Å². The molecule has 0 N–H and O–H groups in total. The SMILES string of the molecule is CN(C1CCCCC1)S(=O)(=O)CC[As]Cc1cc(C(=O)c2ccccc2)ccc1[N+](=O)[O-]. The summed E-state index contributed by atoms with van der Waals surface area (Å²) in [4.78, 5) is 23.7. The molecule has 0 saturated heterocycles. The molecule has 0 aliphatic heterocycles. The predicted molar refractivity (Wildman–Crippen MR) is 126 cm³/mol. The van der Waals surface area contributed by atoms with E-state index in [2.05, 4.69) is 0 Å². The molecule has 0 spiro atoms. The maximum absolute atomic E-state index is 12.7. The van der Waals surface area contributed by atoms with Crippen LogP contribution in [-0.2, 0) is 15.2 Å². The van der Waals surface area contributed by atoms with E-state index in [-0.39, 0.29) is 23.3 Å². The van der Waals surface area contributed by atoms with Crippen molar-refractivity contribution in [1.29, 1.82) is 0 Å². The molecular weight excluding hydrogens is 491 g/mol. The van der Waals surface area contributed by atoms with Crippen LogP contribution in [0.25, 0.3) is 0 Å². The van der Waals surface area contributed by atoms with Crippen molar-refractivity contribution >= 4 is 37.2 Å². The van der Waals surface area contributed by atoms with Gasteiger partial charge in [0.15, 0.2) is 0 Å². The third-order valence-electron chi connectivity index (χ3n) is 5.89. The molecule has 0 amide bonds. The number of benzene rings is 2. The van der Waals surface area contributed by atoms with Crippen LogP contribution in [0.4, 0.5) is 5.69 Å². The first-order valence-electron chi connectivity index (χ1n) is 10.8. The van der Waals surface area contributed by atoms with Crippen molar-refractivity contribution in [1.82, 2.24) is 4.31 Å². The maximum atomic E-state index is 12.7.